The van der Waals surface area contributed by atoms with E-state index >= 15 is 0 Å². The lowest BCUT2D eigenvalue weighted by atomic mass is 10.0. The van der Waals surface area contributed by atoms with Crippen LogP contribution in [0.3, 0.4) is 0 Å². The van der Waals surface area contributed by atoms with E-state index in [2.05, 4.69) is 17.2 Å². The van der Waals surface area contributed by atoms with Gasteiger partial charge in [0.25, 0.3) is 5.91 Å². The largest absolute Gasteiger partial charge is 0.508 e. The van der Waals surface area contributed by atoms with Crippen molar-refractivity contribution < 1.29 is 24.2 Å². The van der Waals surface area contributed by atoms with Gasteiger partial charge < -0.3 is 25.4 Å². The van der Waals surface area contributed by atoms with Crippen LogP contribution in [-0.2, 0) is 14.3 Å². The molecular formula is C28H31N3O5. The Morgan fingerprint density at radius 1 is 1.03 bits per heavy atom. The van der Waals surface area contributed by atoms with Gasteiger partial charge in [0.1, 0.15) is 23.9 Å². The van der Waals surface area contributed by atoms with Crippen LogP contribution in [0.25, 0.3) is 10.8 Å². The first-order valence-corrected chi connectivity index (χ1v) is 11.5. The van der Waals surface area contributed by atoms with Gasteiger partial charge in [-0.3, -0.25) is 9.59 Å². The Bertz CT molecular complexity index is 1270. The van der Waals surface area contributed by atoms with Crippen molar-refractivity contribution in [3.8, 4) is 5.75 Å². The first-order chi connectivity index (χ1) is 17.1. The standard InChI is InChI=1S/C28H31N3O5/c1-5-16-31(24(33)18-29-27(35)36-28(2,3)4)25(22-12-8-9-13-23(22)32)26(34)30-21-15-14-19-10-6-7-11-20(19)17-21/h5-15,17,25,32H,1,16,18H2,2-4H3,(H,29,35)(H,30,34). The van der Waals surface area contributed by atoms with Crippen LogP contribution in [0, 0.1) is 0 Å². The Hall–Kier alpha value is -4.33. The molecule has 0 saturated carbocycles. The van der Waals surface area contributed by atoms with E-state index in [4.69, 9.17) is 4.74 Å². The molecule has 3 N–H and O–H groups in total. The van der Waals surface area contributed by atoms with E-state index in [1.165, 1.54) is 17.0 Å². The third-order valence-electron chi connectivity index (χ3n) is 5.24. The summed E-state index contributed by atoms with van der Waals surface area (Å²) in [6, 6.07) is 18.3. The fourth-order valence-electron chi connectivity index (χ4n) is 3.70. The van der Waals surface area contributed by atoms with E-state index in [0.717, 1.165) is 10.8 Å². The molecule has 1 unspecified atom stereocenters. The molecule has 0 fully saturated rings. The summed E-state index contributed by atoms with van der Waals surface area (Å²) in [7, 11) is 0. The molecule has 1 atom stereocenters. The van der Waals surface area contributed by atoms with Gasteiger partial charge in [0.2, 0.25) is 5.91 Å². The van der Waals surface area contributed by atoms with Crippen LogP contribution in [0.5, 0.6) is 5.75 Å². The van der Waals surface area contributed by atoms with Crippen LogP contribution in [0.15, 0.2) is 79.4 Å². The Morgan fingerprint density at radius 2 is 1.69 bits per heavy atom. The van der Waals surface area contributed by atoms with Crippen LogP contribution < -0.4 is 10.6 Å². The van der Waals surface area contributed by atoms with Crippen molar-refractivity contribution >= 4 is 34.4 Å². The lowest BCUT2D eigenvalue weighted by molar-refractivity contribution is -0.137. The molecule has 0 bridgehead atoms. The predicted octanol–water partition coefficient (Wildman–Crippen LogP) is 4.76. The van der Waals surface area contributed by atoms with E-state index in [-0.39, 0.29) is 17.9 Å². The van der Waals surface area contributed by atoms with Crippen molar-refractivity contribution in [1.82, 2.24) is 10.2 Å². The highest BCUT2D eigenvalue weighted by Crippen LogP contribution is 2.30. The number of phenolic OH excluding ortho intramolecular Hbond substituents is 1. The normalized spacial score (nSPS) is 11.9. The second-order valence-electron chi connectivity index (χ2n) is 9.20. The van der Waals surface area contributed by atoms with E-state index < -0.39 is 36.1 Å². The van der Waals surface area contributed by atoms with Crippen molar-refractivity contribution in [2.45, 2.75) is 32.4 Å². The van der Waals surface area contributed by atoms with Gasteiger partial charge in [-0.25, -0.2) is 4.79 Å². The van der Waals surface area contributed by atoms with Crippen LogP contribution in [-0.4, -0.2) is 46.6 Å². The summed E-state index contributed by atoms with van der Waals surface area (Å²) in [5, 5.41) is 17.8. The zero-order valence-electron chi connectivity index (χ0n) is 20.7. The highest BCUT2D eigenvalue weighted by Gasteiger charge is 2.33. The van der Waals surface area contributed by atoms with Gasteiger partial charge in [-0.05, 0) is 49.7 Å². The number of amides is 3. The van der Waals surface area contributed by atoms with E-state index in [0.29, 0.717) is 5.69 Å². The molecule has 3 rings (SSSR count). The maximum atomic E-state index is 13.6. The number of hydrogen-bond acceptors (Lipinski definition) is 5. The third kappa shape index (κ3) is 6.85. The number of ether oxygens (including phenoxy) is 1. The Morgan fingerprint density at radius 3 is 2.36 bits per heavy atom. The Kier molecular flexibility index (Phi) is 8.32. The van der Waals surface area contributed by atoms with Crippen molar-refractivity contribution in [2.24, 2.45) is 0 Å². The number of aromatic hydroxyl groups is 1. The van der Waals surface area contributed by atoms with E-state index in [1.54, 1.807) is 45.0 Å². The van der Waals surface area contributed by atoms with Crippen LogP contribution in [0.4, 0.5) is 10.5 Å². The Balaban J connectivity index is 1.90. The number of phenols is 1. The molecular weight excluding hydrogens is 458 g/mol. The minimum absolute atomic E-state index is 0.00102. The predicted molar refractivity (Wildman–Crippen MR) is 140 cm³/mol. The smallest absolute Gasteiger partial charge is 0.408 e. The van der Waals surface area contributed by atoms with Crippen LogP contribution in [0.2, 0.25) is 0 Å². The molecule has 0 aliphatic rings. The fourth-order valence-corrected chi connectivity index (χ4v) is 3.70. The van der Waals surface area contributed by atoms with Crippen LogP contribution >= 0.6 is 0 Å². The summed E-state index contributed by atoms with van der Waals surface area (Å²) < 4.78 is 5.19. The highest BCUT2D eigenvalue weighted by atomic mass is 16.6. The summed E-state index contributed by atoms with van der Waals surface area (Å²) >= 11 is 0. The number of para-hydroxylation sites is 1. The molecule has 0 spiro atoms. The van der Waals surface area contributed by atoms with E-state index in [1.807, 2.05) is 36.4 Å². The second kappa shape index (κ2) is 11.4. The molecule has 3 aromatic carbocycles. The highest BCUT2D eigenvalue weighted by molar-refractivity contribution is 6.00. The SMILES string of the molecule is C=CCN(C(=O)CNC(=O)OC(C)(C)C)C(C(=O)Nc1ccc2ccccc2c1)c1ccccc1O. The summed E-state index contributed by atoms with van der Waals surface area (Å²) in [5.74, 6) is -1.22. The van der Waals surface area contributed by atoms with Gasteiger partial charge in [-0.15, -0.1) is 6.58 Å². The molecule has 8 nitrogen and oxygen atoms in total. The number of alkyl carbamates (subject to hydrolysis) is 1. The number of carbonyl (C=O) groups is 3. The molecule has 8 heteroatoms. The zero-order chi connectivity index (χ0) is 26.3. The molecule has 0 radical (unpaired) electrons. The maximum Gasteiger partial charge on any atom is 0.408 e. The number of nitrogens with zero attached hydrogens (tertiary/aromatic N) is 1. The van der Waals surface area contributed by atoms with Gasteiger partial charge in [0.15, 0.2) is 0 Å². The number of fused-ring (bicyclic) bond motifs is 1. The monoisotopic (exact) mass is 489 g/mol. The minimum Gasteiger partial charge on any atom is -0.508 e. The van der Waals surface area contributed by atoms with Gasteiger partial charge in [0, 0.05) is 17.8 Å². The van der Waals surface area contributed by atoms with Crippen molar-refractivity contribution in [2.75, 3.05) is 18.4 Å². The lowest BCUT2D eigenvalue weighted by Gasteiger charge is -2.31. The summed E-state index contributed by atoms with van der Waals surface area (Å²) in [4.78, 5) is 40.1. The molecule has 0 aliphatic carbocycles. The summed E-state index contributed by atoms with van der Waals surface area (Å²) in [6.07, 6.45) is 0.718. The third-order valence-corrected chi connectivity index (χ3v) is 5.24. The topological polar surface area (TPSA) is 108 Å². The Labute approximate surface area is 210 Å². The quantitative estimate of drug-likeness (QED) is 0.395. The van der Waals surface area contributed by atoms with Crippen LogP contribution in [0.1, 0.15) is 32.4 Å². The number of carbonyl (C=O) groups excluding carboxylic acids is 3. The lowest BCUT2D eigenvalue weighted by Crippen LogP contribution is -2.46. The number of nitrogens with one attached hydrogen (secondary N) is 2. The molecule has 0 heterocycles. The molecule has 3 aromatic rings. The molecule has 3 amide bonds. The number of rotatable bonds is 8. The number of hydrogen-bond donors (Lipinski definition) is 3. The minimum atomic E-state index is -1.19. The zero-order valence-corrected chi connectivity index (χ0v) is 20.7. The molecule has 188 valence electrons. The van der Waals surface area contributed by atoms with Gasteiger partial charge in [-0.2, -0.15) is 0 Å². The maximum absolute atomic E-state index is 13.6. The second-order valence-corrected chi connectivity index (χ2v) is 9.20. The summed E-state index contributed by atoms with van der Waals surface area (Å²) in [6.45, 7) is 8.43. The van der Waals surface area contributed by atoms with E-state index in [9.17, 15) is 19.5 Å². The molecule has 36 heavy (non-hydrogen) atoms. The van der Waals surface area contributed by atoms with Crippen molar-refractivity contribution in [3.05, 3.63) is 84.9 Å². The molecule has 0 saturated heterocycles. The van der Waals surface area contributed by atoms with Gasteiger partial charge in [0.05, 0.1) is 0 Å². The first-order valence-electron chi connectivity index (χ1n) is 11.5. The average Bonchev–Trinajstić information content (AvgIpc) is 2.82. The number of anilines is 1. The average molecular weight is 490 g/mol. The van der Waals surface area contributed by atoms with Crippen molar-refractivity contribution in [1.29, 1.82) is 0 Å². The van der Waals surface area contributed by atoms with Crippen molar-refractivity contribution in [3.63, 3.8) is 0 Å². The summed E-state index contributed by atoms with van der Waals surface area (Å²) in [5.41, 5.74) is 0.0479. The molecule has 0 aromatic heterocycles. The van der Waals surface area contributed by atoms with Gasteiger partial charge in [-0.1, -0.05) is 54.6 Å². The number of benzene rings is 3. The first kappa shape index (κ1) is 26.3. The fraction of sp³-hybridized carbons (Fsp3) is 0.250. The van der Waals surface area contributed by atoms with Gasteiger partial charge >= 0.3 is 6.09 Å². The molecule has 0 aliphatic heterocycles.